The molecule has 2 amide bonds. The van der Waals surface area contributed by atoms with Crippen LogP contribution in [0.2, 0.25) is 0 Å². The maximum Gasteiger partial charge on any atom is 0.261 e. The summed E-state index contributed by atoms with van der Waals surface area (Å²) in [6.07, 6.45) is 2.51. The van der Waals surface area contributed by atoms with Crippen molar-refractivity contribution in [3.05, 3.63) is 59.2 Å². The molecular weight excluding hydrogens is 342 g/mol. The molecule has 0 spiro atoms. The van der Waals surface area contributed by atoms with E-state index < -0.39 is 0 Å². The molecule has 0 aliphatic carbocycles. The highest BCUT2D eigenvalue weighted by atomic mass is 16.5. The lowest BCUT2D eigenvalue weighted by molar-refractivity contribution is 0.0652. The minimum Gasteiger partial charge on any atom is -0.490 e. The van der Waals surface area contributed by atoms with Gasteiger partial charge >= 0.3 is 0 Å². The second-order valence-corrected chi connectivity index (χ2v) is 6.41. The minimum atomic E-state index is -0.185. The van der Waals surface area contributed by atoms with Crippen LogP contribution in [0.3, 0.4) is 0 Å². The van der Waals surface area contributed by atoms with E-state index in [0.29, 0.717) is 30.9 Å². The third-order valence-electron chi connectivity index (χ3n) is 4.58. The van der Waals surface area contributed by atoms with Crippen LogP contribution in [0, 0.1) is 0 Å². The van der Waals surface area contributed by atoms with Crippen LogP contribution in [-0.4, -0.2) is 36.5 Å². The van der Waals surface area contributed by atoms with Gasteiger partial charge in [-0.15, -0.1) is 0 Å². The highest BCUT2D eigenvalue weighted by Crippen LogP contribution is 2.29. The number of carbonyl (C=O) groups excluding carboxylic acids is 2. The third kappa shape index (κ3) is 4.13. The summed E-state index contributed by atoms with van der Waals surface area (Å²) in [4.78, 5) is 26.1. The maximum absolute atomic E-state index is 12.4. The molecule has 0 unspecified atom stereocenters. The Labute approximate surface area is 159 Å². The van der Waals surface area contributed by atoms with Crippen LogP contribution in [0.5, 0.6) is 11.5 Å². The van der Waals surface area contributed by atoms with Gasteiger partial charge in [0.05, 0.1) is 24.3 Å². The van der Waals surface area contributed by atoms with E-state index in [-0.39, 0.29) is 11.8 Å². The fraction of sp³-hybridized carbons (Fsp3) is 0.364. The summed E-state index contributed by atoms with van der Waals surface area (Å²) < 4.78 is 11.2. The molecule has 0 fully saturated rings. The standard InChI is InChI=1S/C22H25NO4/c1-3-26-19-13-12-16(15-20(19)27-4-2)9-7-8-14-23-21(24)17-10-5-6-11-18(17)22(23)25/h5-6,10-13,15H,3-4,7-9,14H2,1-2H3. The zero-order valence-electron chi connectivity index (χ0n) is 15.9. The summed E-state index contributed by atoms with van der Waals surface area (Å²) in [5.41, 5.74) is 2.18. The summed E-state index contributed by atoms with van der Waals surface area (Å²) >= 11 is 0. The number of hydrogen-bond donors (Lipinski definition) is 0. The molecule has 1 aliphatic rings. The van der Waals surface area contributed by atoms with Crippen molar-refractivity contribution in [3.8, 4) is 11.5 Å². The van der Waals surface area contributed by atoms with Gasteiger partial charge in [-0.05, 0) is 62.9 Å². The highest BCUT2D eigenvalue weighted by molar-refractivity contribution is 6.21. The number of imide groups is 1. The van der Waals surface area contributed by atoms with Gasteiger partial charge in [-0.1, -0.05) is 18.2 Å². The molecule has 0 bridgehead atoms. The Hall–Kier alpha value is -2.82. The molecule has 2 aromatic carbocycles. The molecule has 142 valence electrons. The molecule has 5 heteroatoms. The topological polar surface area (TPSA) is 55.8 Å². The monoisotopic (exact) mass is 367 g/mol. The first-order chi connectivity index (χ1) is 13.2. The number of carbonyl (C=O) groups is 2. The second kappa shape index (κ2) is 8.71. The van der Waals surface area contributed by atoms with Gasteiger partial charge in [-0.3, -0.25) is 14.5 Å². The van der Waals surface area contributed by atoms with Gasteiger partial charge in [-0.25, -0.2) is 0 Å². The molecule has 0 saturated heterocycles. The summed E-state index contributed by atoms with van der Waals surface area (Å²) in [6, 6.07) is 13.0. The van der Waals surface area contributed by atoms with Crippen LogP contribution in [0.4, 0.5) is 0 Å². The Balaban J connectivity index is 1.54. The Morgan fingerprint density at radius 2 is 1.44 bits per heavy atom. The van der Waals surface area contributed by atoms with Crippen molar-refractivity contribution in [2.75, 3.05) is 19.8 Å². The van der Waals surface area contributed by atoms with Crippen molar-refractivity contribution >= 4 is 11.8 Å². The Morgan fingerprint density at radius 1 is 0.815 bits per heavy atom. The van der Waals surface area contributed by atoms with Gasteiger partial charge in [0.1, 0.15) is 0 Å². The first kappa shape index (κ1) is 19.0. The van der Waals surface area contributed by atoms with E-state index >= 15 is 0 Å². The lowest BCUT2D eigenvalue weighted by Gasteiger charge is -2.14. The lowest BCUT2D eigenvalue weighted by atomic mass is 10.1. The second-order valence-electron chi connectivity index (χ2n) is 6.41. The van der Waals surface area contributed by atoms with Crippen molar-refractivity contribution in [3.63, 3.8) is 0 Å². The molecule has 1 heterocycles. The highest BCUT2D eigenvalue weighted by Gasteiger charge is 2.34. The quantitative estimate of drug-likeness (QED) is 0.494. The van der Waals surface area contributed by atoms with Gasteiger partial charge in [0.2, 0.25) is 0 Å². The van der Waals surface area contributed by atoms with Crippen LogP contribution in [0.15, 0.2) is 42.5 Å². The predicted molar refractivity (Wildman–Crippen MR) is 104 cm³/mol. The molecule has 5 nitrogen and oxygen atoms in total. The van der Waals surface area contributed by atoms with E-state index in [1.165, 1.54) is 4.90 Å². The first-order valence-electron chi connectivity index (χ1n) is 9.49. The molecule has 0 radical (unpaired) electrons. The van der Waals surface area contributed by atoms with Crippen LogP contribution < -0.4 is 9.47 Å². The molecule has 1 aliphatic heterocycles. The predicted octanol–water partition coefficient (Wildman–Crippen LogP) is 4.10. The van der Waals surface area contributed by atoms with E-state index in [2.05, 4.69) is 0 Å². The number of ether oxygens (including phenoxy) is 2. The largest absolute Gasteiger partial charge is 0.490 e. The SMILES string of the molecule is CCOc1ccc(CCCCN2C(=O)c3ccccc3C2=O)cc1OCC. The molecule has 0 atom stereocenters. The van der Waals surface area contributed by atoms with Crippen LogP contribution in [0.25, 0.3) is 0 Å². The van der Waals surface area contributed by atoms with Crippen LogP contribution in [0.1, 0.15) is 53.0 Å². The fourth-order valence-corrected chi connectivity index (χ4v) is 3.29. The summed E-state index contributed by atoms with van der Waals surface area (Å²) in [5, 5.41) is 0. The molecule has 0 aromatic heterocycles. The van der Waals surface area contributed by atoms with Gasteiger partial charge in [0.15, 0.2) is 11.5 Å². The molecule has 3 rings (SSSR count). The zero-order valence-corrected chi connectivity index (χ0v) is 15.9. The van der Waals surface area contributed by atoms with E-state index in [1.807, 2.05) is 32.0 Å². The van der Waals surface area contributed by atoms with E-state index in [9.17, 15) is 9.59 Å². The smallest absolute Gasteiger partial charge is 0.261 e. The molecule has 0 saturated carbocycles. The van der Waals surface area contributed by atoms with E-state index in [0.717, 1.165) is 36.3 Å². The average Bonchev–Trinajstić information content (AvgIpc) is 2.92. The van der Waals surface area contributed by atoms with E-state index in [1.54, 1.807) is 24.3 Å². The molecular formula is C22H25NO4. The summed E-state index contributed by atoms with van der Waals surface area (Å²) in [6.45, 7) is 5.53. The first-order valence-corrected chi connectivity index (χ1v) is 9.49. The summed E-state index contributed by atoms with van der Waals surface area (Å²) in [7, 11) is 0. The Bertz CT molecular complexity index is 796. The maximum atomic E-state index is 12.4. The number of benzene rings is 2. The normalized spacial score (nSPS) is 13.0. The van der Waals surface area contributed by atoms with Crippen molar-refractivity contribution in [1.29, 1.82) is 0 Å². The van der Waals surface area contributed by atoms with Gasteiger partial charge in [0.25, 0.3) is 11.8 Å². The van der Waals surface area contributed by atoms with Gasteiger partial charge in [-0.2, -0.15) is 0 Å². The number of rotatable bonds is 9. The fourth-order valence-electron chi connectivity index (χ4n) is 3.29. The van der Waals surface area contributed by atoms with Crippen LogP contribution >= 0.6 is 0 Å². The average molecular weight is 367 g/mol. The molecule has 27 heavy (non-hydrogen) atoms. The number of unbranched alkanes of at least 4 members (excludes halogenated alkanes) is 1. The Kier molecular flexibility index (Phi) is 6.12. The van der Waals surface area contributed by atoms with Crippen molar-refractivity contribution in [2.45, 2.75) is 33.1 Å². The number of hydrogen-bond acceptors (Lipinski definition) is 4. The van der Waals surface area contributed by atoms with Crippen LogP contribution in [-0.2, 0) is 6.42 Å². The van der Waals surface area contributed by atoms with Crippen molar-refractivity contribution in [2.24, 2.45) is 0 Å². The lowest BCUT2D eigenvalue weighted by Crippen LogP contribution is -2.30. The molecule has 2 aromatic rings. The number of nitrogens with zero attached hydrogens (tertiary/aromatic N) is 1. The third-order valence-corrected chi connectivity index (χ3v) is 4.58. The minimum absolute atomic E-state index is 0.185. The number of aryl methyl sites for hydroxylation is 1. The van der Waals surface area contributed by atoms with Crippen molar-refractivity contribution in [1.82, 2.24) is 4.90 Å². The molecule has 0 N–H and O–H groups in total. The number of fused-ring (bicyclic) bond motifs is 1. The zero-order chi connectivity index (χ0) is 19.2. The summed E-state index contributed by atoms with van der Waals surface area (Å²) in [5.74, 6) is 1.15. The van der Waals surface area contributed by atoms with E-state index in [4.69, 9.17) is 9.47 Å². The van der Waals surface area contributed by atoms with Crippen molar-refractivity contribution < 1.29 is 19.1 Å². The number of amides is 2. The van der Waals surface area contributed by atoms with Gasteiger partial charge < -0.3 is 9.47 Å². The van der Waals surface area contributed by atoms with Gasteiger partial charge in [0, 0.05) is 6.54 Å². The Morgan fingerprint density at radius 3 is 2.07 bits per heavy atom.